The van der Waals surface area contributed by atoms with Gasteiger partial charge in [0.25, 0.3) is 5.91 Å². The number of ether oxygens (including phenoxy) is 2. The number of rotatable bonds is 4. The van der Waals surface area contributed by atoms with Crippen LogP contribution in [-0.2, 0) is 0 Å². The Morgan fingerprint density at radius 1 is 1.31 bits per heavy atom. The van der Waals surface area contributed by atoms with Gasteiger partial charge in [-0.1, -0.05) is 0 Å². The Kier molecular flexibility index (Phi) is 3.99. The lowest BCUT2D eigenvalue weighted by molar-refractivity contribution is 0.0953. The van der Waals surface area contributed by atoms with E-state index in [0.29, 0.717) is 29.3 Å². The van der Waals surface area contributed by atoms with Gasteiger partial charge in [-0.2, -0.15) is 0 Å². The van der Waals surface area contributed by atoms with Crippen LogP contribution in [0.5, 0.6) is 11.5 Å². The second-order valence-corrected chi connectivity index (χ2v) is 3.15. The largest absolute Gasteiger partial charge is 0.496 e. The number of nitrogens with one attached hydrogen (secondary N) is 1. The summed E-state index contributed by atoms with van der Waals surface area (Å²) in [6, 6.07) is 3.14. The van der Waals surface area contributed by atoms with Crippen molar-refractivity contribution in [2.24, 2.45) is 0 Å². The smallest absolute Gasteiger partial charge is 0.255 e. The third-order valence-electron chi connectivity index (χ3n) is 2.13. The van der Waals surface area contributed by atoms with Crippen molar-refractivity contribution in [3.05, 3.63) is 17.7 Å². The van der Waals surface area contributed by atoms with Crippen molar-refractivity contribution in [2.45, 2.75) is 6.92 Å². The van der Waals surface area contributed by atoms with Crippen LogP contribution < -0.4 is 20.5 Å². The summed E-state index contributed by atoms with van der Waals surface area (Å²) in [5.74, 6) is 0.718. The molecule has 0 radical (unpaired) electrons. The van der Waals surface area contributed by atoms with Crippen molar-refractivity contribution >= 4 is 11.6 Å². The minimum Gasteiger partial charge on any atom is -0.496 e. The molecule has 0 unspecified atom stereocenters. The first kappa shape index (κ1) is 12.2. The zero-order valence-electron chi connectivity index (χ0n) is 9.66. The molecule has 16 heavy (non-hydrogen) atoms. The highest BCUT2D eigenvalue weighted by Gasteiger charge is 2.14. The number of nitrogens with two attached hydrogens (primary N) is 1. The molecule has 0 bridgehead atoms. The summed E-state index contributed by atoms with van der Waals surface area (Å²) in [6.07, 6.45) is 0. The van der Waals surface area contributed by atoms with Crippen molar-refractivity contribution in [1.29, 1.82) is 0 Å². The van der Waals surface area contributed by atoms with E-state index >= 15 is 0 Å². The van der Waals surface area contributed by atoms with Gasteiger partial charge in [-0.3, -0.25) is 4.79 Å². The summed E-state index contributed by atoms with van der Waals surface area (Å²) >= 11 is 0. The topological polar surface area (TPSA) is 73.6 Å². The Balaban J connectivity index is 3.17. The van der Waals surface area contributed by atoms with Gasteiger partial charge in [-0.15, -0.1) is 0 Å². The fourth-order valence-corrected chi connectivity index (χ4v) is 1.36. The minimum atomic E-state index is -0.214. The van der Waals surface area contributed by atoms with Crippen molar-refractivity contribution < 1.29 is 14.3 Å². The number of hydrogen-bond donors (Lipinski definition) is 2. The molecule has 3 N–H and O–H groups in total. The van der Waals surface area contributed by atoms with Gasteiger partial charge in [-0.25, -0.2) is 0 Å². The van der Waals surface area contributed by atoms with Crippen LogP contribution in [0.1, 0.15) is 17.3 Å². The molecule has 0 aliphatic rings. The molecule has 0 fully saturated rings. The molecule has 0 atom stereocenters. The summed E-state index contributed by atoms with van der Waals surface area (Å²) in [4.78, 5) is 11.7. The molecular formula is C11H16N2O3. The fourth-order valence-electron chi connectivity index (χ4n) is 1.36. The maximum absolute atomic E-state index is 11.7. The van der Waals surface area contributed by atoms with Crippen LogP contribution in [0, 0.1) is 0 Å². The molecule has 0 aliphatic carbocycles. The van der Waals surface area contributed by atoms with E-state index in [-0.39, 0.29) is 5.91 Å². The van der Waals surface area contributed by atoms with Gasteiger partial charge in [0.1, 0.15) is 11.5 Å². The van der Waals surface area contributed by atoms with E-state index in [1.807, 2.05) is 6.92 Å². The molecule has 0 heterocycles. The van der Waals surface area contributed by atoms with E-state index in [2.05, 4.69) is 5.32 Å². The number of nitrogen functional groups attached to an aromatic ring is 1. The average molecular weight is 224 g/mol. The zero-order chi connectivity index (χ0) is 12.1. The second-order valence-electron chi connectivity index (χ2n) is 3.15. The van der Waals surface area contributed by atoms with E-state index in [1.165, 1.54) is 14.2 Å². The van der Waals surface area contributed by atoms with E-state index < -0.39 is 0 Å². The third kappa shape index (κ3) is 2.36. The van der Waals surface area contributed by atoms with Gasteiger partial charge < -0.3 is 20.5 Å². The van der Waals surface area contributed by atoms with Gasteiger partial charge in [0.2, 0.25) is 0 Å². The molecule has 0 saturated carbocycles. The highest BCUT2D eigenvalue weighted by molar-refractivity contribution is 5.98. The first-order valence-electron chi connectivity index (χ1n) is 4.93. The predicted octanol–water partition coefficient (Wildman–Crippen LogP) is 1.04. The van der Waals surface area contributed by atoms with Gasteiger partial charge in [0, 0.05) is 12.6 Å². The molecule has 5 heteroatoms. The van der Waals surface area contributed by atoms with E-state index in [0.717, 1.165) is 0 Å². The molecule has 0 spiro atoms. The predicted molar refractivity (Wildman–Crippen MR) is 62.0 cm³/mol. The lowest BCUT2D eigenvalue weighted by atomic mass is 10.1. The van der Waals surface area contributed by atoms with Crippen LogP contribution in [-0.4, -0.2) is 26.7 Å². The average Bonchev–Trinajstić information content (AvgIpc) is 2.29. The number of anilines is 1. The van der Waals surface area contributed by atoms with Crippen LogP contribution in [0.25, 0.3) is 0 Å². The maximum atomic E-state index is 11.7. The summed E-state index contributed by atoms with van der Waals surface area (Å²) in [5.41, 5.74) is 6.54. The first-order valence-corrected chi connectivity index (χ1v) is 4.93. The number of hydrogen-bond acceptors (Lipinski definition) is 4. The summed E-state index contributed by atoms with van der Waals surface area (Å²) < 4.78 is 10.2. The van der Waals surface area contributed by atoms with Crippen LogP contribution in [0.2, 0.25) is 0 Å². The van der Waals surface area contributed by atoms with Crippen molar-refractivity contribution in [2.75, 3.05) is 26.5 Å². The Labute approximate surface area is 94.5 Å². The molecule has 0 aliphatic heterocycles. The standard InChI is InChI=1S/C11H16N2O3/c1-4-13-11(14)7-5-8(12)10(16-3)6-9(7)15-2/h5-6H,4,12H2,1-3H3,(H,13,14). The first-order chi connectivity index (χ1) is 7.63. The normalized spacial score (nSPS) is 9.69. The monoisotopic (exact) mass is 224 g/mol. The SMILES string of the molecule is CCNC(=O)c1cc(N)c(OC)cc1OC. The lowest BCUT2D eigenvalue weighted by Crippen LogP contribution is -2.23. The zero-order valence-corrected chi connectivity index (χ0v) is 9.66. The summed E-state index contributed by atoms with van der Waals surface area (Å²) in [6.45, 7) is 2.39. The molecular weight excluding hydrogens is 208 g/mol. The molecule has 0 saturated heterocycles. The minimum absolute atomic E-state index is 0.214. The molecule has 0 aromatic heterocycles. The molecule has 1 rings (SSSR count). The summed E-state index contributed by atoms with van der Waals surface area (Å²) in [7, 11) is 3.00. The number of amides is 1. The third-order valence-corrected chi connectivity index (χ3v) is 2.13. The second kappa shape index (κ2) is 5.25. The Hall–Kier alpha value is -1.91. The van der Waals surface area contributed by atoms with Crippen molar-refractivity contribution in [3.8, 4) is 11.5 Å². The van der Waals surface area contributed by atoms with Crippen LogP contribution in [0.4, 0.5) is 5.69 Å². The fraction of sp³-hybridized carbons (Fsp3) is 0.364. The van der Waals surface area contributed by atoms with Crippen LogP contribution in [0.3, 0.4) is 0 Å². The van der Waals surface area contributed by atoms with Gasteiger partial charge in [0.05, 0.1) is 25.5 Å². The number of carbonyl (C=O) groups is 1. The Morgan fingerprint density at radius 3 is 2.44 bits per heavy atom. The lowest BCUT2D eigenvalue weighted by Gasteiger charge is -2.12. The Morgan fingerprint density at radius 2 is 1.94 bits per heavy atom. The number of methoxy groups -OCH3 is 2. The van der Waals surface area contributed by atoms with Gasteiger partial charge >= 0.3 is 0 Å². The highest BCUT2D eigenvalue weighted by atomic mass is 16.5. The van der Waals surface area contributed by atoms with E-state index in [4.69, 9.17) is 15.2 Å². The number of benzene rings is 1. The molecule has 1 amide bonds. The van der Waals surface area contributed by atoms with E-state index in [1.54, 1.807) is 12.1 Å². The molecule has 88 valence electrons. The van der Waals surface area contributed by atoms with Gasteiger partial charge in [-0.05, 0) is 13.0 Å². The quantitative estimate of drug-likeness (QED) is 0.749. The maximum Gasteiger partial charge on any atom is 0.255 e. The molecule has 1 aromatic rings. The van der Waals surface area contributed by atoms with E-state index in [9.17, 15) is 4.79 Å². The molecule has 1 aromatic carbocycles. The Bertz CT molecular complexity index is 391. The van der Waals surface area contributed by atoms with Crippen molar-refractivity contribution in [1.82, 2.24) is 5.32 Å². The highest BCUT2D eigenvalue weighted by Crippen LogP contribution is 2.30. The van der Waals surface area contributed by atoms with Crippen molar-refractivity contribution in [3.63, 3.8) is 0 Å². The van der Waals surface area contributed by atoms with Crippen LogP contribution >= 0.6 is 0 Å². The number of carbonyl (C=O) groups excluding carboxylic acids is 1. The van der Waals surface area contributed by atoms with Gasteiger partial charge in [0.15, 0.2) is 0 Å². The molecule has 5 nitrogen and oxygen atoms in total. The summed E-state index contributed by atoms with van der Waals surface area (Å²) in [5, 5.41) is 2.69. The van der Waals surface area contributed by atoms with Crippen LogP contribution in [0.15, 0.2) is 12.1 Å².